The zero-order chi connectivity index (χ0) is 13.2. The molecule has 7 nitrogen and oxygen atoms in total. The van der Waals surface area contributed by atoms with Gasteiger partial charge < -0.3 is 20.5 Å². The van der Waals surface area contributed by atoms with Crippen LogP contribution in [0, 0.1) is 0 Å². The third kappa shape index (κ3) is 2.25. The zero-order valence-corrected chi connectivity index (χ0v) is 9.79. The highest BCUT2D eigenvalue weighted by Crippen LogP contribution is 2.34. The lowest BCUT2D eigenvalue weighted by Gasteiger charge is -2.05. The van der Waals surface area contributed by atoms with E-state index in [0.29, 0.717) is 17.2 Å². The molecule has 0 spiro atoms. The molecule has 1 aromatic heterocycles. The molecule has 19 heavy (non-hydrogen) atoms. The molecule has 0 unspecified atom stereocenters. The molecular weight excluding hydrogens is 248 g/mol. The number of nitrogens with zero attached hydrogens (tertiary/aromatic N) is 2. The summed E-state index contributed by atoms with van der Waals surface area (Å²) in [4.78, 5) is 11.9. The number of hydrogen-bond acceptors (Lipinski definition) is 6. The van der Waals surface area contributed by atoms with E-state index in [4.69, 9.17) is 15.2 Å². The Labute approximate surface area is 108 Å². The van der Waals surface area contributed by atoms with Gasteiger partial charge >= 0.3 is 0 Å². The molecule has 2 aromatic rings. The van der Waals surface area contributed by atoms with Crippen LogP contribution in [0.5, 0.6) is 11.5 Å². The van der Waals surface area contributed by atoms with Gasteiger partial charge in [-0.2, -0.15) is 0 Å². The third-order valence-corrected chi connectivity index (χ3v) is 2.55. The summed E-state index contributed by atoms with van der Waals surface area (Å²) >= 11 is 0. The number of rotatable bonds is 2. The van der Waals surface area contributed by atoms with Crippen LogP contribution >= 0.6 is 0 Å². The van der Waals surface area contributed by atoms with Crippen LogP contribution in [-0.2, 0) is 0 Å². The van der Waals surface area contributed by atoms with E-state index in [1.165, 1.54) is 12.1 Å². The van der Waals surface area contributed by atoms with E-state index in [-0.39, 0.29) is 24.2 Å². The highest BCUT2D eigenvalue weighted by Gasteiger charge is 2.15. The second-order valence-corrected chi connectivity index (χ2v) is 3.87. The first-order chi connectivity index (χ1) is 9.22. The number of benzene rings is 1. The predicted molar refractivity (Wildman–Crippen MR) is 67.0 cm³/mol. The summed E-state index contributed by atoms with van der Waals surface area (Å²) in [6.45, 7) is 0.191. The van der Waals surface area contributed by atoms with E-state index in [1.54, 1.807) is 18.2 Å². The Balaban J connectivity index is 1.77. The van der Waals surface area contributed by atoms with Gasteiger partial charge in [-0.25, -0.2) is 0 Å². The first kappa shape index (κ1) is 11.3. The number of amides is 1. The monoisotopic (exact) mass is 258 g/mol. The molecule has 0 fully saturated rings. The van der Waals surface area contributed by atoms with Gasteiger partial charge in [0.1, 0.15) is 5.82 Å². The Morgan fingerprint density at radius 1 is 1.16 bits per heavy atom. The predicted octanol–water partition coefficient (Wildman–Crippen LogP) is 1.04. The summed E-state index contributed by atoms with van der Waals surface area (Å²) in [6.07, 6.45) is 0. The largest absolute Gasteiger partial charge is 0.454 e. The van der Waals surface area contributed by atoms with Gasteiger partial charge in [0, 0.05) is 11.8 Å². The van der Waals surface area contributed by atoms with E-state index < -0.39 is 0 Å². The fourth-order valence-corrected chi connectivity index (χ4v) is 1.63. The van der Waals surface area contributed by atoms with Crippen molar-refractivity contribution in [2.45, 2.75) is 0 Å². The normalized spacial score (nSPS) is 12.2. The lowest BCUT2D eigenvalue weighted by atomic mass is 10.2. The highest BCUT2D eigenvalue weighted by molar-refractivity contribution is 6.02. The summed E-state index contributed by atoms with van der Waals surface area (Å²) in [5, 5.41) is 10.0. The minimum Gasteiger partial charge on any atom is -0.454 e. The van der Waals surface area contributed by atoms with Crippen LogP contribution in [0.2, 0.25) is 0 Å². The van der Waals surface area contributed by atoms with Crippen molar-refractivity contribution in [2.75, 3.05) is 17.8 Å². The van der Waals surface area contributed by atoms with Crippen molar-refractivity contribution in [3.05, 3.63) is 36.0 Å². The third-order valence-electron chi connectivity index (χ3n) is 2.55. The summed E-state index contributed by atoms with van der Waals surface area (Å²) in [5.74, 6) is 1.15. The maximum atomic E-state index is 11.9. The number of nitrogen functional groups attached to an aromatic ring is 1. The number of nitrogens with one attached hydrogen (secondary N) is 1. The van der Waals surface area contributed by atoms with Crippen LogP contribution in [-0.4, -0.2) is 22.9 Å². The molecular formula is C12H10N4O3. The van der Waals surface area contributed by atoms with Crippen LogP contribution < -0.4 is 20.5 Å². The summed E-state index contributed by atoms with van der Waals surface area (Å²) < 4.78 is 10.4. The minimum absolute atomic E-state index is 0.187. The molecule has 0 bridgehead atoms. The summed E-state index contributed by atoms with van der Waals surface area (Å²) in [5.41, 5.74) is 6.18. The maximum Gasteiger partial charge on any atom is 0.276 e. The fraction of sp³-hybridized carbons (Fsp3) is 0.0833. The van der Waals surface area contributed by atoms with E-state index in [2.05, 4.69) is 15.5 Å². The molecule has 3 N–H and O–H groups in total. The molecule has 1 aliphatic heterocycles. The average molecular weight is 258 g/mol. The number of fused-ring (bicyclic) bond motifs is 1. The molecule has 7 heteroatoms. The molecule has 0 saturated heterocycles. The number of nitrogens with two attached hydrogens (primary N) is 1. The smallest absolute Gasteiger partial charge is 0.276 e. The van der Waals surface area contributed by atoms with Crippen molar-refractivity contribution in [2.24, 2.45) is 0 Å². The maximum absolute atomic E-state index is 11.9. The number of carbonyl (C=O) groups excluding carboxylic acids is 1. The second kappa shape index (κ2) is 4.45. The van der Waals surface area contributed by atoms with E-state index in [0.717, 1.165) is 0 Å². The lowest BCUT2D eigenvalue weighted by Crippen LogP contribution is -2.14. The van der Waals surface area contributed by atoms with Gasteiger partial charge in [-0.15, -0.1) is 10.2 Å². The van der Waals surface area contributed by atoms with Gasteiger partial charge in [0.25, 0.3) is 5.91 Å². The Hall–Kier alpha value is -2.83. The van der Waals surface area contributed by atoms with Gasteiger partial charge in [-0.05, 0) is 24.3 Å². The van der Waals surface area contributed by atoms with Gasteiger partial charge in [-0.1, -0.05) is 0 Å². The van der Waals surface area contributed by atoms with Crippen molar-refractivity contribution in [1.29, 1.82) is 0 Å². The molecule has 1 aromatic carbocycles. The van der Waals surface area contributed by atoms with Gasteiger partial charge in [0.05, 0.1) is 0 Å². The molecule has 1 aliphatic rings. The van der Waals surface area contributed by atoms with Crippen molar-refractivity contribution < 1.29 is 14.3 Å². The number of ether oxygens (including phenoxy) is 2. The van der Waals surface area contributed by atoms with Crippen molar-refractivity contribution in [3.8, 4) is 11.5 Å². The fourth-order valence-electron chi connectivity index (χ4n) is 1.63. The van der Waals surface area contributed by atoms with E-state index in [9.17, 15) is 4.79 Å². The van der Waals surface area contributed by atoms with Crippen molar-refractivity contribution >= 4 is 17.4 Å². The number of carbonyl (C=O) groups is 1. The van der Waals surface area contributed by atoms with Crippen molar-refractivity contribution in [1.82, 2.24) is 10.2 Å². The molecule has 1 amide bonds. The molecule has 0 saturated carbocycles. The minimum atomic E-state index is -0.369. The first-order valence-corrected chi connectivity index (χ1v) is 5.52. The number of aromatic nitrogens is 2. The molecule has 0 radical (unpaired) electrons. The van der Waals surface area contributed by atoms with Gasteiger partial charge in [-0.3, -0.25) is 4.79 Å². The van der Waals surface area contributed by atoms with Gasteiger partial charge in [0.2, 0.25) is 6.79 Å². The summed E-state index contributed by atoms with van der Waals surface area (Å²) in [6, 6.07) is 8.15. The Morgan fingerprint density at radius 2 is 2.00 bits per heavy atom. The average Bonchev–Trinajstić information content (AvgIpc) is 2.87. The van der Waals surface area contributed by atoms with Crippen LogP contribution in [0.15, 0.2) is 30.3 Å². The molecule has 96 valence electrons. The zero-order valence-electron chi connectivity index (χ0n) is 9.79. The molecule has 3 rings (SSSR count). The van der Waals surface area contributed by atoms with E-state index >= 15 is 0 Å². The molecule has 2 heterocycles. The van der Waals surface area contributed by atoms with Crippen LogP contribution in [0.25, 0.3) is 0 Å². The Bertz CT molecular complexity index is 627. The number of anilines is 2. The standard InChI is InChI=1S/C12H10N4O3/c13-11-4-2-8(15-16-11)12(17)14-7-1-3-9-10(5-7)19-6-18-9/h1-5H,6H2,(H2,13,16)(H,14,17). The highest BCUT2D eigenvalue weighted by atomic mass is 16.7. The van der Waals surface area contributed by atoms with Crippen LogP contribution in [0.4, 0.5) is 11.5 Å². The second-order valence-electron chi connectivity index (χ2n) is 3.87. The van der Waals surface area contributed by atoms with Gasteiger partial charge in [0.15, 0.2) is 17.2 Å². The Kier molecular flexibility index (Phi) is 2.64. The molecule has 0 atom stereocenters. The SMILES string of the molecule is Nc1ccc(C(=O)Nc2ccc3c(c2)OCO3)nn1. The number of hydrogen-bond donors (Lipinski definition) is 2. The van der Waals surface area contributed by atoms with E-state index in [1.807, 2.05) is 0 Å². The topological polar surface area (TPSA) is 99.4 Å². The van der Waals surface area contributed by atoms with Crippen LogP contribution in [0.1, 0.15) is 10.5 Å². The lowest BCUT2D eigenvalue weighted by molar-refractivity contribution is 0.102. The van der Waals surface area contributed by atoms with Crippen LogP contribution in [0.3, 0.4) is 0 Å². The van der Waals surface area contributed by atoms with Crippen molar-refractivity contribution in [3.63, 3.8) is 0 Å². The molecule has 0 aliphatic carbocycles. The quantitative estimate of drug-likeness (QED) is 0.834. The summed E-state index contributed by atoms with van der Waals surface area (Å²) in [7, 11) is 0. The Morgan fingerprint density at radius 3 is 2.79 bits per heavy atom. The first-order valence-electron chi connectivity index (χ1n) is 5.52.